The molecule has 1 atom stereocenters. The van der Waals surface area contributed by atoms with Crippen molar-refractivity contribution in [1.82, 2.24) is 15.3 Å². The van der Waals surface area contributed by atoms with Gasteiger partial charge in [0.15, 0.2) is 0 Å². The molecule has 1 aromatic carbocycles. The number of aromatic nitrogens is 2. The summed E-state index contributed by atoms with van der Waals surface area (Å²) in [5.74, 6) is 0.155. The van der Waals surface area contributed by atoms with Gasteiger partial charge in [0.1, 0.15) is 11.6 Å². The number of hydrogen-bond acceptors (Lipinski definition) is 3. The monoisotopic (exact) mass is 309 g/mol. The number of nitrogens with zero attached hydrogens (tertiary/aromatic N) is 1. The van der Waals surface area contributed by atoms with E-state index in [9.17, 15) is 9.18 Å². The quantitative estimate of drug-likeness (QED) is 0.912. The number of hydrogen-bond donors (Lipinski definition) is 2. The first-order chi connectivity index (χ1) is 9.88. The molecule has 0 aliphatic carbocycles. The van der Waals surface area contributed by atoms with E-state index in [0.717, 1.165) is 5.56 Å². The lowest BCUT2D eigenvalue weighted by molar-refractivity contribution is 0.561. The Morgan fingerprint density at radius 2 is 2.14 bits per heavy atom. The molecule has 0 amide bonds. The fourth-order valence-corrected chi connectivity index (χ4v) is 2.47. The zero-order chi connectivity index (χ0) is 15.6. The van der Waals surface area contributed by atoms with Crippen LogP contribution in [0.4, 0.5) is 4.39 Å². The van der Waals surface area contributed by atoms with Crippen molar-refractivity contribution in [1.29, 1.82) is 0 Å². The normalized spacial score (nSPS) is 12.4. The van der Waals surface area contributed by atoms with Crippen LogP contribution >= 0.6 is 11.6 Å². The molecule has 21 heavy (non-hydrogen) atoms. The van der Waals surface area contributed by atoms with Crippen LogP contribution in [0.5, 0.6) is 0 Å². The summed E-state index contributed by atoms with van der Waals surface area (Å²) >= 11 is 5.75. The number of halogens is 2. The van der Waals surface area contributed by atoms with Gasteiger partial charge in [-0.25, -0.2) is 9.37 Å². The predicted molar refractivity (Wildman–Crippen MR) is 81.0 cm³/mol. The topological polar surface area (TPSA) is 57.8 Å². The van der Waals surface area contributed by atoms with Crippen molar-refractivity contribution in [2.45, 2.75) is 33.4 Å². The molecule has 0 spiro atoms. The van der Waals surface area contributed by atoms with Crippen LogP contribution in [-0.2, 0) is 6.54 Å². The van der Waals surface area contributed by atoms with E-state index in [2.05, 4.69) is 15.3 Å². The van der Waals surface area contributed by atoms with Gasteiger partial charge in [0, 0.05) is 18.3 Å². The Labute approximate surface area is 127 Å². The SMILES string of the molecule is Cc1nc(C)c(C(C)NCc2ccc(F)c(Cl)c2)c(=O)[nH]1. The van der Waals surface area contributed by atoms with E-state index < -0.39 is 5.82 Å². The average molecular weight is 310 g/mol. The zero-order valence-electron chi connectivity index (χ0n) is 12.1. The minimum absolute atomic E-state index is 0.0907. The fraction of sp³-hybridized carbons (Fsp3) is 0.333. The van der Waals surface area contributed by atoms with E-state index in [1.54, 1.807) is 19.1 Å². The highest BCUT2D eigenvalue weighted by Gasteiger charge is 2.14. The maximum absolute atomic E-state index is 13.1. The molecule has 0 aliphatic rings. The number of H-pyrrole nitrogens is 1. The van der Waals surface area contributed by atoms with Crippen LogP contribution in [0.3, 0.4) is 0 Å². The predicted octanol–water partition coefficient (Wildman–Crippen LogP) is 3.03. The lowest BCUT2D eigenvalue weighted by Crippen LogP contribution is -2.27. The van der Waals surface area contributed by atoms with Gasteiger partial charge in [0.25, 0.3) is 5.56 Å². The van der Waals surface area contributed by atoms with Gasteiger partial charge in [-0.3, -0.25) is 4.79 Å². The molecule has 4 nitrogen and oxygen atoms in total. The maximum atomic E-state index is 13.1. The van der Waals surface area contributed by atoms with Gasteiger partial charge in [-0.05, 0) is 38.5 Å². The summed E-state index contributed by atoms with van der Waals surface area (Å²) in [6.07, 6.45) is 0. The number of rotatable bonds is 4. The number of nitrogens with one attached hydrogen (secondary N) is 2. The molecule has 0 fully saturated rings. The first kappa shape index (κ1) is 15.7. The van der Waals surface area contributed by atoms with Crippen molar-refractivity contribution in [2.75, 3.05) is 0 Å². The smallest absolute Gasteiger partial charge is 0.255 e. The van der Waals surface area contributed by atoms with Gasteiger partial charge in [-0.15, -0.1) is 0 Å². The minimum atomic E-state index is -0.441. The molecule has 1 aromatic heterocycles. The standard InChI is InChI=1S/C15H17ClFN3O/c1-8(14-9(2)19-10(3)20-15(14)21)18-7-11-4-5-13(17)12(16)6-11/h4-6,8,18H,7H2,1-3H3,(H,19,20,21). The molecular weight excluding hydrogens is 293 g/mol. The molecule has 0 saturated heterocycles. The molecule has 112 valence electrons. The molecule has 0 bridgehead atoms. The van der Waals surface area contributed by atoms with Crippen molar-refractivity contribution < 1.29 is 4.39 Å². The summed E-state index contributed by atoms with van der Waals surface area (Å²) in [7, 11) is 0. The molecule has 0 saturated carbocycles. The molecule has 2 N–H and O–H groups in total. The number of aryl methyl sites for hydroxylation is 2. The minimum Gasteiger partial charge on any atom is -0.310 e. The lowest BCUT2D eigenvalue weighted by atomic mass is 10.1. The van der Waals surface area contributed by atoms with Crippen molar-refractivity contribution in [2.24, 2.45) is 0 Å². The van der Waals surface area contributed by atoms with E-state index in [4.69, 9.17) is 11.6 Å². The number of aromatic amines is 1. The number of benzene rings is 1. The lowest BCUT2D eigenvalue weighted by Gasteiger charge is -2.15. The summed E-state index contributed by atoms with van der Waals surface area (Å²) in [6.45, 7) is 5.93. The third-order valence-corrected chi connectivity index (χ3v) is 3.58. The summed E-state index contributed by atoms with van der Waals surface area (Å²) < 4.78 is 13.1. The summed E-state index contributed by atoms with van der Waals surface area (Å²) in [6, 6.07) is 4.38. The summed E-state index contributed by atoms with van der Waals surface area (Å²) in [5.41, 5.74) is 2.02. The van der Waals surface area contributed by atoms with Crippen molar-refractivity contribution in [3.8, 4) is 0 Å². The van der Waals surface area contributed by atoms with Crippen molar-refractivity contribution >= 4 is 11.6 Å². The first-order valence-corrected chi connectivity index (χ1v) is 7.01. The van der Waals surface area contributed by atoms with Crippen molar-refractivity contribution in [3.63, 3.8) is 0 Å². The second-order valence-electron chi connectivity index (χ2n) is 5.00. The molecule has 1 unspecified atom stereocenters. The van der Waals surface area contributed by atoms with Crippen LogP contribution in [0.25, 0.3) is 0 Å². The molecule has 0 radical (unpaired) electrons. The zero-order valence-corrected chi connectivity index (χ0v) is 12.9. The Bertz CT molecular complexity index is 715. The molecule has 0 aliphatic heterocycles. The van der Waals surface area contributed by atoms with Crippen molar-refractivity contribution in [3.05, 3.63) is 62.0 Å². The summed E-state index contributed by atoms with van der Waals surface area (Å²) in [5, 5.41) is 3.31. The Morgan fingerprint density at radius 3 is 2.76 bits per heavy atom. The highest BCUT2D eigenvalue weighted by molar-refractivity contribution is 6.30. The van der Waals surface area contributed by atoms with Gasteiger partial charge in [0.05, 0.1) is 10.6 Å². The Kier molecular flexibility index (Phi) is 4.75. The Hall–Kier alpha value is -1.72. The van der Waals surface area contributed by atoms with Gasteiger partial charge >= 0.3 is 0 Å². The van der Waals surface area contributed by atoms with E-state index >= 15 is 0 Å². The van der Waals surface area contributed by atoms with Crippen LogP contribution in [0, 0.1) is 19.7 Å². The second-order valence-corrected chi connectivity index (χ2v) is 5.41. The van der Waals surface area contributed by atoms with Crippen LogP contribution in [-0.4, -0.2) is 9.97 Å². The third-order valence-electron chi connectivity index (χ3n) is 3.29. The first-order valence-electron chi connectivity index (χ1n) is 6.63. The molecular formula is C15H17ClFN3O. The summed E-state index contributed by atoms with van der Waals surface area (Å²) in [4.78, 5) is 19.0. The molecule has 1 heterocycles. The Morgan fingerprint density at radius 1 is 1.43 bits per heavy atom. The third kappa shape index (κ3) is 3.68. The van der Waals surface area contributed by atoms with Gasteiger partial charge in [-0.2, -0.15) is 0 Å². The van der Waals surface area contributed by atoms with E-state index in [-0.39, 0.29) is 16.6 Å². The molecule has 6 heteroatoms. The van der Waals surface area contributed by atoms with Gasteiger partial charge in [0.2, 0.25) is 0 Å². The van der Waals surface area contributed by atoms with Crippen LogP contribution < -0.4 is 10.9 Å². The maximum Gasteiger partial charge on any atom is 0.255 e. The second kappa shape index (κ2) is 6.37. The van der Waals surface area contributed by atoms with Crippen LogP contribution in [0.15, 0.2) is 23.0 Å². The van der Waals surface area contributed by atoms with E-state index in [1.165, 1.54) is 6.07 Å². The van der Waals surface area contributed by atoms with E-state index in [0.29, 0.717) is 23.6 Å². The highest BCUT2D eigenvalue weighted by atomic mass is 35.5. The fourth-order valence-electron chi connectivity index (χ4n) is 2.27. The highest BCUT2D eigenvalue weighted by Crippen LogP contribution is 2.17. The van der Waals surface area contributed by atoms with E-state index in [1.807, 2.05) is 13.8 Å². The Balaban J connectivity index is 2.13. The van der Waals surface area contributed by atoms with Gasteiger partial charge < -0.3 is 10.3 Å². The largest absolute Gasteiger partial charge is 0.310 e. The average Bonchev–Trinajstić information content (AvgIpc) is 2.39. The molecule has 2 rings (SSSR count). The molecule has 2 aromatic rings. The van der Waals surface area contributed by atoms with Crippen LogP contribution in [0.2, 0.25) is 5.02 Å². The van der Waals surface area contributed by atoms with Crippen LogP contribution in [0.1, 0.15) is 35.6 Å². The van der Waals surface area contributed by atoms with Gasteiger partial charge in [-0.1, -0.05) is 17.7 Å².